The van der Waals surface area contributed by atoms with E-state index in [2.05, 4.69) is 22.4 Å². The molecule has 0 spiro atoms. The van der Waals surface area contributed by atoms with Crippen molar-refractivity contribution in [1.29, 1.82) is 10.5 Å². The Bertz CT molecular complexity index is 709. The molecule has 0 atom stereocenters. The van der Waals surface area contributed by atoms with E-state index in [4.69, 9.17) is 0 Å². The van der Waals surface area contributed by atoms with Crippen LogP contribution in [0.25, 0.3) is 0 Å². The van der Waals surface area contributed by atoms with Crippen LogP contribution in [-0.4, -0.2) is 22.2 Å². The zero-order chi connectivity index (χ0) is 17.0. The van der Waals surface area contributed by atoms with Crippen LogP contribution in [0, 0.1) is 43.4 Å². The minimum absolute atomic E-state index is 0.160. The summed E-state index contributed by atoms with van der Waals surface area (Å²) < 4.78 is 0. The second-order valence-electron chi connectivity index (χ2n) is 5.98. The predicted molar refractivity (Wildman–Crippen MR) is 88.8 cm³/mol. The highest BCUT2D eigenvalue weighted by Crippen LogP contribution is 2.30. The van der Waals surface area contributed by atoms with Gasteiger partial charge >= 0.3 is 0 Å². The Labute approximate surface area is 141 Å². The number of carbonyl (C=O) groups excluding carboxylic acids is 1. The highest BCUT2D eigenvalue weighted by atomic mass is 32.2. The minimum atomic E-state index is -0.706. The average Bonchev–Trinajstić information content (AvgIpc) is 2.99. The number of nitriles is 2. The number of thioether (sulfide) groups is 1. The molecule has 1 heterocycles. The van der Waals surface area contributed by atoms with Crippen molar-refractivity contribution in [3.05, 3.63) is 22.4 Å². The van der Waals surface area contributed by atoms with Gasteiger partial charge in [0.15, 0.2) is 0 Å². The Morgan fingerprint density at radius 1 is 1.26 bits per heavy atom. The number of pyridine rings is 1. The van der Waals surface area contributed by atoms with Gasteiger partial charge in [0.05, 0.1) is 17.4 Å². The van der Waals surface area contributed by atoms with E-state index >= 15 is 0 Å². The van der Waals surface area contributed by atoms with Crippen molar-refractivity contribution in [1.82, 2.24) is 10.3 Å². The van der Waals surface area contributed by atoms with E-state index in [1.807, 2.05) is 20.8 Å². The lowest BCUT2D eigenvalue weighted by atomic mass is 10.0. The Kier molecular flexibility index (Phi) is 5.28. The fourth-order valence-corrected chi connectivity index (χ4v) is 3.71. The molecule has 1 amide bonds. The van der Waals surface area contributed by atoms with Crippen LogP contribution in [0.15, 0.2) is 5.03 Å². The number of amides is 1. The lowest BCUT2D eigenvalue weighted by Gasteiger charge is -2.21. The van der Waals surface area contributed by atoms with E-state index in [0.29, 0.717) is 23.4 Å². The van der Waals surface area contributed by atoms with E-state index in [1.54, 1.807) is 0 Å². The molecular formula is C17H20N4OS. The number of rotatable bonds is 4. The first-order chi connectivity index (χ1) is 10.9. The van der Waals surface area contributed by atoms with Gasteiger partial charge in [0.2, 0.25) is 5.91 Å². The molecule has 1 aliphatic carbocycles. The van der Waals surface area contributed by atoms with E-state index in [1.165, 1.54) is 11.8 Å². The summed E-state index contributed by atoms with van der Waals surface area (Å²) in [4.78, 5) is 16.6. The fraction of sp³-hybridized carbons (Fsp3) is 0.529. The molecule has 0 aromatic carbocycles. The highest BCUT2D eigenvalue weighted by Gasteiger charge is 2.35. The third-order valence-electron chi connectivity index (χ3n) is 4.46. The van der Waals surface area contributed by atoms with Gasteiger partial charge in [0.25, 0.3) is 0 Å². The Hall–Kier alpha value is -2.05. The smallest absolute Gasteiger partial charge is 0.231 e. The van der Waals surface area contributed by atoms with Crippen molar-refractivity contribution in [3.63, 3.8) is 0 Å². The SMILES string of the molecule is Cc1nc(SCC(=O)NC2(C#N)CCCC2)c(C#N)c(C)c1C. The second-order valence-corrected chi connectivity index (χ2v) is 6.94. The molecule has 1 N–H and O–H groups in total. The van der Waals surface area contributed by atoms with E-state index < -0.39 is 5.54 Å². The topological polar surface area (TPSA) is 89.6 Å². The molecular weight excluding hydrogens is 308 g/mol. The first-order valence-corrected chi connectivity index (χ1v) is 8.64. The van der Waals surface area contributed by atoms with Crippen molar-refractivity contribution in [3.8, 4) is 12.1 Å². The van der Waals surface area contributed by atoms with Gasteiger partial charge < -0.3 is 5.32 Å². The van der Waals surface area contributed by atoms with Crippen molar-refractivity contribution in [2.45, 2.75) is 57.0 Å². The number of carbonyl (C=O) groups is 1. The normalized spacial score (nSPS) is 15.7. The number of nitrogens with zero attached hydrogens (tertiary/aromatic N) is 3. The average molecular weight is 328 g/mol. The van der Waals surface area contributed by atoms with Gasteiger partial charge in [-0.15, -0.1) is 0 Å². The molecule has 0 saturated heterocycles. The summed E-state index contributed by atoms with van der Waals surface area (Å²) in [6.07, 6.45) is 3.36. The van der Waals surface area contributed by atoms with Crippen LogP contribution in [0.3, 0.4) is 0 Å². The number of nitrogens with one attached hydrogen (secondary N) is 1. The zero-order valence-electron chi connectivity index (χ0n) is 13.7. The predicted octanol–water partition coefficient (Wildman–Crippen LogP) is 2.92. The molecule has 5 nitrogen and oxygen atoms in total. The number of aryl methyl sites for hydroxylation is 1. The number of hydrogen-bond donors (Lipinski definition) is 1. The maximum absolute atomic E-state index is 12.2. The van der Waals surface area contributed by atoms with Gasteiger partial charge in [-0.05, 0) is 57.6 Å². The van der Waals surface area contributed by atoms with Gasteiger partial charge in [-0.25, -0.2) is 4.98 Å². The van der Waals surface area contributed by atoms with Gasteiger partial charge in [0.1, 0.15) is 16.6 Å². The third-order valence-corrected chi connectivity index (χ3v) is 5.44. The van der Waals surface area contributed by atoms with Gasteiger partial charge in [-0.1, -0.05) is 11.8 Å². The summed E-state index contributed by atoms with van der Waals surface area (Å²) >= 11 is 1.25. The lowest BCUT2D eigenvalue weighted by Crippen LogP contribution is -2.45. The van der Waals surface area contributed by atoms with Crippen molar-refractivity contribution < 1.29 is 4.79 Å². The molecule has 1 fully saturated rings. The molecule has 2 rings (SSSR count). The molecule has 1 aromatic heterocycles. The maximum Gasteiger partial charge on any atom is 0.231 e. The molecule has 1 aromatic rings. The van der Waals surface area contributed by atoms with Crippen molar-refractivity contribution >= 4 is 17.7 Å². The molecule has 0 radical (unpaired) electrons. The van der Waals surface area contributed by atoms with Crippen LogP contribution in [-0.2, 0) is 4.79 Å². The van der Waals surface area contributed by atoms with Crippen LogP contribution in [0.1, 0.15) is 48.1 Å². The fourth-order valence-electron chi connectivity index (χ4n) is 2.83. The molecule has 23 heavy (non-hydrogen) atoms. The number of hydrogen-bond acceptors (Lipinski definition) is 5. The first-order valence-electron chi connectivity index (χ1n) is 7.65. The van der Waals surface area contributed by atoms with Crippen molar-refractivity contribution in [2.24, 2.45) is 0 Å². The molecule has 0 bridgehead atoms. The molecule has 0 unspecified atom stereocenters. The third kappa shape index (κ3) is 3.65. The standard InChI is InChI=1S/C17H20N4OS/c1-11-12(2)14(8-18)16(20-13(11)3)23-9-15(22)21-17(10-19)6-4-5-7-17/h4-7,9H2,1-3H3,(H,21,22). The van der Waals surface area contributed by atoms with Crippen LogP contribution >= 0.6 is 11.8 Å². The largest absolute Gasteiger partial charge is 0.337 e. The Morgan fingerprint density at radius 3 is 2.48 bits per heavy atom. The van der Waals surface area contributed by atoms with Crippen LogP contribution in [0.4, 0.5) is 0 Å². The molecule has 6 heteroatoms. The molecule has 1 saturated carbocycles. The summed E-state index contributed by atoms with van der Waals surface area (Å²) in [7, 11) is 0. The Morgan fingerprint density at radius 2 is 1.91 bits per heavy atom. The molecule has 0 aliphatic heterocycles. The van der Waals surface area contributed by atoms with E-state index in [0.717, 1.165) is 29.7 Å². The highest BCUT2D eigenvalue weighted by molar-refractivity contribution is 8.00. The second kappa shape index (κ2) is 7.02. The number of aromatic nitrogens is 1. The van der Waals surface area contributed by atoms with Gasteiger partial charge in [-0.2, -0.15) is 10.5 Å². The van der Waals surface area contributed by atoms with Crippen LogP contribution < -0.4 is 5.32 Å². The van der Waals surface area contributed by atoms with Gasteiger partial charge in [0, 0.05) is 5.69 Å². The molecule has 1 aliphatic rings. The quantitative estimate of drug-likeness (QED) is 0.858. The monoisotopic (exact) mass is 328 g/mol. The van der Waals surface area contributed by atoms with Crippen molar-refractivity contribution in [2.75, 3.05) is 5.75 Å². The summed E-state index contributed by atoms with van der Waals surface area (Å²) in [5.41, 5.74) is 2.61. The van der Waals surface area contributed by atoms with Crippen LogP contribution in [0.5, 0.6) is 0 Å². The summed E-state index contributed by atoms with van der Waals surface area (Å²) in [5.74, 6) is -0.0208. The summed E-state index contributed by atoms with van der Waals surface area (Å²) in [6.45, 7) is 5.74. The lowest BCUT2D eigenvalue weighted by molar-refractivity contribution is -0.119. The maximum atomic E-state index is 12.2. The van der Waals surface area contributed by atoms with Crippen LogP contribution in [0.2, 0.25) is 0 Å². The summed E-state index contributed by atoms with van der Waals surface area (Å²) in [6, 6.07) is 4.43. The molecule has 120 valence electrons. The Balaban J connectivity index is 2.08. The van der Waals surface area contributed by atoms with E-state index in [9.17, 15) is 15.3 Å². The summed E-state index contributed by atoms with van der Waals surface area (Å²) in [5, 5.41) is 22.1. The first kappa shape index (κ1) is 17.3. The van der Waals surface area contributed by atoms with Gasteiger partial charge in [-0.3, -0.25) is 4.79 Å². The zero-order valence-corrected chi connectivity index (χ0v) is 14.5. The van der Waals surface area contributed by atoms with E-state index in [-0.39, 0.29) is 11.7 Å². The minimum Gasteiger partial charge on any atom is -0.337 e.